The normalized spacial score (nSPS) is 11.3. The van der Waals surface area contributed by atoms with E-state index in [-0.39, 0.29) is 11.7 Å². The molecule has 0 saturated carbocycles. The predicted octanol–water partition coefficient (Wildman–Crippen LogP) is 5.63. The molecule has 1 heterocycles. The van der Waals surface area contributed by atoms with E-state index in [4.69, 9.17) is 23.2 Å². The summed E-state index contributed by atoms with van der Waals surface area (Å²) in [5, 5.41) is 0.614. The number of alkyl halides is 1. The minimum atomic E-state index is -0.300. The zero-order valence-corrected chi connectivity index (χ0v) is 14.1. The van der Waals surface area contributed by atoms with E-state index in [9.17, 15) is 4.39 Å². The first-order valence-electron chi connectivity index (χ1n) is 6.20. The van der Waals surface area contributed by atoms with Crippen molar-refractivity contribution in [2.45, 2.75) is 12.8 Å². The molecule has 6 heteroatoms. The third-order valence-corrected chi connectivity index (χ3v) is 4.37. The number of rotatable bonds is 2. The summed E-state index contributed by atoms with van der Waals surface area (Å²) in [6, 6.07) is 8.66. The van der Waals surface area contributed by atoms with Crippen molar-refractivity contribution in [3.05, 3.63) is 57.0 Å². The quantitative estimate of drug-likeness (QED) is 0.521. The molecule has 0 aliphatic heterocycles. The van der Waals surface area contributed by atoms with Gasteiger partial charge in [0.05, 0.1) is 27.1 Å². The first kappa shape index (κ1) is 14.8. The third kappa shape index (κ3) is 2.56. The molecule has 0 fully saturated rings. The van der Waals surface area contributed by atoms with Gasteiger partial charge in [0.15, 0.2) is 0 Å². The van der Waals surface area contributed by atoms with E-state index >= 15 is 0 Å². The van der Waals surface area contributed by atoms with E-state index in [0.29, 0.717) is 15.3 Å². The highest BCUT2D eigenvalue weighted by atomic mass is 79.9. The summed E-state index contributed by atoms with van der Waals surface area (Å²) in [5.74, 6) is 0.641. The van der Waals surface area contributed by atoms with Crippen LogP contribution in [0.15, 0.2) is 34.8 Å². The Hall–Kier alpha value is -1.10. The van der Waals surface area contributed by atoms with Crippen LogP contribution in [0.5, 0.6) is 0 Å². The summed E-state index contributed by atoms with van der Waals surface area (Å²) in [4.78, 5) is 4.51. The monoisotopic (exact) mass is 386 g/mol. The largest absolute Gasteiger partial charge is 0.295 e. The van der Waals surface area contributed by atoms with E-state index < -0.39 is 0 Å². The van der Waals surface area contributed by atoms with E-state index in [1.807, 2.05) is 23.6 Å². The van der Waals surface area contributed by atoms with Gasteiger partial charge in [-0.25, -0.2) is 9.37 Å². The molecule has 0 N–H and O–H groups in total. The highest BCUT2D eigenvalue weighted by Crippen LogP contribution is 2.30. The molecule has 0 aliphatic rings. The Morgan fingerprint density at radius 2 is 2.05 bits per heavy atom. The van der Waals surface area contributed by atoms with Crippen molar-refractivity contribution in [3.8, 4) is 5.69 Å². The van der Waals surface area contributed by atoms with Crippen LogP contribution in [0, 0.1) is 12.7 Å². The van der Waals surface area contributed by atoms with Gasteiger partial charge in [-0.2, -0.15) is 0 Å². The Morgan fingerprint density at radius 1 is 1.29 bits per heavy atom. The van der Waals surface area contributed by atoms with Crippen LogP contribution in [0.3, 0.4) is 0 Å². The second kappa shape index (κ2) is 5.59. The molecule has 0 atom stereocenters. The van der Waals surface area contributed by atoms with Crippen molar-refractivity contribution >= 4 is 50.2 Å². The number of imidazole rings is 1. The molecule has 0 bridgehead atoms. The van der Waals surface area contributed by atoms with Crippen molar-refractivity contribution in [2.24, 2.45) is 0 Å². The Labute approximate surface area is 139 Å². The van der Waals surface area contributed by atoms with Crippen molar-refractivity contribution in [3.63, 3.8) is 0 Å². The fraction of sp³-hybridized carbons (Fsp3) is 0.133. The van der Waals surface area contributed by atoms with Gasteiger partial charge in [-0.15, -0.1) is 11.6 Å². The molecule has 0 saturated heterocycles. The van der Waals surface area contributed by atoms with Gasteiger partial charge in [0, 0.05) is 5.02 Å². The average Bonchev–Trinajstić information content (AvgIpc) is 2.80. The van der Waals surface area contributed by atoms with Crippen LogP contribution in [-0.2, 0) is 5.88 Å². The first-order chi connectivity index (χ1) is 10.0. The lowest BCUT2D eigenvalue weighted by molar-refractivity contribution is 0.619. The van der Waals surface area contributed by atoms with Gasteiger partial charge in [-0.05, 0) is 58.7 Å². The maximum absolute atomic E-state index is 13.6. The van der Waals surface area contributed by atoms with Crippen LogP contribution in [0.4, 0.5) is 4.39 Å². The lowest BCUT2D eigenvalue weighted by Gasteiger charge is -2.12. The van der Waals surface area contributed by atoms with Crippen molar-refractivity contribution in [1.82, 2.24) is 9.55 Å². The number of halogens is 4. The molecule has 3 rings (SSSR count). The van der Waals surface area contributed by atoms with Crippen LogP contribution in [0.1, 0.15) is 11.4 Å². The molecule has 3 aromatic rings. The Balaban J connectivity index is 2.38. The maximum atomic E-state index is 13.6. The van der Waals surface area contributed by atoms with Gasteiger partial charge in [0.25, 0.3) is 0 Å². The standard InChI is InChI=1S/C15H10BrCl2FN2/c1-8-4-11(19)10(16)6-13(8)21-14-5-9(18)2-3-12(14)20-15(21)7-17/h2-6H,7H2,1H3. The van der Waals surface area contributed by atoms with Crippen LogP contribution < -0.4 is 0 Å². The topological polar surface area (TPSA) is 17.8 Å². The molecule has 0 unspecified atom stereocenters. The van der Waals surface area contributed by atoms with Crippen LogP contribution >= 0.6 is 39.1 Å². The van der Waals surface area contributed by atoms with E-state index in [1.165, 1.54) is 6.07 Å². The van der Waals surface area contributed by atoms with Gasteiger partial charge in [-0.1, -0.05) is 11.6 Å². The Morgan fingerprint density at radius 3 is 2.76 bits per heavy atom. The zero-order chi connectivity index (χ0) is 15.1. The highest BCUT2D eigenvalue weighted by Gasteiger charge is 2.15. The molecule has 21 heavy (non-hydrogen) atoms. The van der Waals surface area contributed by atoms with Gasteiger partial charge < -0.3 is 0 Å². The van der Waals surface area contributed by atoms with Gasteiger partial charge in [-0.3, -0.25) is 4.57 Å². The molecule has 0 spiro atoms. The number of hydrogen-bond donors (Lipinski definition) is 0. The zero-order valence-electron chi connectivity index (χ0n) is 11.0. The molecule has 108 valence electrons. The second-order valence-electron chi connectivity index (χ2n) is 4.68. The number of nitrogens with zero attached hydrogens (tertiary/aromatic N) is 2. The second-order valence-corrected chi connectivity index (χ2v) is 6.24. The van der Waals surface area contributed by atoms with Gasteiger partial charge in [0.1, 0.15) is 11.6 Å². The Kier molecular flexibility index (Phi) is 3.95. The number of aromatic nitrogens is 2. The molecule has 0 aliphatic carbocycles. The minimum Gasteiger partial charge on any atom is -0.295 e. The number of fused-ring (bicyclic) bond motifs is 1. The SMILES string of the molecule is Cc1cc(F)c(Br)cc1-n1c(CCl)nc2ccc(Cl)cc21. The van der Waals surface area contributed by atoms with Crippen molar-refractivity contribution in [2.75, 3.05) is 0 Å². The van der Waals surface area contributed by atoms with Crippen molar-refractivity contribution in [1.29, 1.82) is 0 Å². The lowest BCUT2D eigenvalue weighted by Crippen LogP contribution is -2.02. The maximum Gasteiger partial charge on any atom is 0.137 e. The minimum absolute atomic E-state index is 0.251. The van der Waals surface area contributed by atoms with E-state index in [1.54, 1.807) is 12.1 Å². The number of hydrogen-bond acceptors (Lipinski definition) is 1. The summed E-state index contributed by atoms with van der Waals surface area (Å²) in [6.07, 6.45) is 0. The molecule has 1 aromatic heterocycles. The summed E-state index contributed by atoms with van der Waals surface area (Å²) in [5.41, 5.74) is 3.26. The highest BCUT2D eigenvalue weighted by molar-refractivity contribution is 9.10. The molecule has 2 nitrogen and oxygen atoms in total. The fourth-order valence-electron chi connectivity index (χ4n) is 2.33. The summed E-state index contributed by atoms with van der Waals surface area (Å²) < 4.78 is 15.9. The molecule has 2 aromatic carbocycles. The molecular weight excluding hydrogens is 378 g/mol. The van der Waals surface area contributed by atoms with Crippen LogP contribution in [-0.4, -0.2) is 9.55 Å². The average molecular weight is 388 g/mol. The third-order valence-electron chi connectivity index (χ3n) is 3.29. The van der Waals surface area contributed by atoms with Gasteiger partial charge >= 0.3 is 0 Å². The number of aryl methyl sites for hydroxylation is 1. The number of benzene rings is 2. The van der Waals surface area contributed by atoms with Crippen LogP contribution in [0.2, 0.25) is 5.02 Å². The smallest absolute Gasteiger partial charge is 0.137 e. The molecule has 0 amide bonds. The summed E-state index contributed by atoms with van der Waals surface area (Å²) in [7, 11) is 0. The predicted molar refractivity (Wildman–Crippen MR) is 88.0 cm³/mol. The molecule has 0 radical (unpaired) electrons. The van der Waals surface area contributed by atoms with Crippen molar-refractivity contribution < 1.29 is 4.39 Å². The summed E-state index contributed by atoms with van der Waals surface area (Å²) >= 11 is 15.3. The van der Waals surface area contributed by atoms with E-state index in [0.717, 1.165) is 22.3 Å². The summed E-state index contributed by atoms with van der Waals surface area (Å²) in [6.45, 7) is 1.85. The Bertz CT molecular complexity index is 845. The fourth-order valence-corrected chi connectivity index (χ4v) is 3.01. The van der Waals surface area contributed by atoms with E-state index in [2.05, 4.69) is 20.9 Å². The molecular formula is C15H10BrCl2FN2. The first-order valence-corrected chi connectivity index (χ1v) is 7.90. The lowest BCUT2D eigenvalue weighted by atomic mass is 10.2. The van der Waals surface area contributed by atoms with Crippen LogP contribution in [0.25, 0.3) is 16.7 Å². The van der Waals surface area contributed by atoms with Gasteiger partial charge in [0.2, 0.25) is 0 Å².